The van der Waals surface area contributed by atoms with Gasteiger partial charge in [-0.25, -0.2) is 4.99 Å². The lowest BCUT2D eigenvalue weighted by atomic mass is 9.51. The quantitative estimate of drug-likeness (QED) is 0.210. The lowest BCUT2D eigenvalue weighted by Crippen LogP contribution is -2.68. The topological polar surface area (TPSA) is 75.2 Å². The van der Waals surface area contributed by atoms with Gasteiger partial charge in [0, 0.05) is 51.9 Å². The number of guanidine groups is 1. The number of carbonyl (C=O) groups is 1. The van der Waals surface area contributed by atoms with Crippen LogP contribution in [0.4, 0.5) is 0 Å². The van der Waals surface area contributed by atoms with Gasteiger partial charge >= 0.3 is 0 Å². The van der Waals surface area contributed by atoms with Crippen molar-refractivity contribution in [1.29, 1.82) is 0 Å². The van der Waals surface area contributed by atoms with Crippen LogP contribution in [0.15, 0.2) is 4.99 Å². The second-order valence-electron chi connectivity index (χ2n) is 7.39. The first kappa shape index (κ1) is 24.4. The summed E-state index contributed by atoms with van der Waals surface area (Å²) in [5.41, 5.74) is 0.259. The Labute approximate surface area is 181 Å². The van der Waals surface area contributed by atoms with Crippen molar-refractivity contribution in [2.45, 2.75) is 58.1 Å². The number of hydrogen-bond acceptors (Lipinski definition) is 4. The maximum atomic E-state index is 11.9. The maximum absolute atomic E-state index is 11.9. The molecule has 2 aliphatic carbocycles. The van der Waals surface area contributed by atoms with Crippen molar-refractivity contribution in [3.63, 3.8) is 0 Å². The largest absolute Gasteiger partial charge is 0.382 e. The zero-order valence-corrected chi connectivity index (χ0v) is 19.6. The Morgan fingerprint density at radius 2 is 2.00 bits per heavy atom. The molecule has 2 fully saturated rings. The number of carbonyl (C=O) groups excluding carboxylic acids is 1. The van der Waals surface area contributed by atoms with E-state index >= 15 is 0 Å². The Balaban J connectivity index is 0.00000364. The van der Waals surface area contributed by atoms with Crippen LogP contribution >= 0.6 is 24.0 Å². The highest BCUT2D eigenvalue weighted by molar-refractivity contribution is 14.0. The van der Waals surface area contributed by atoms with Gasteiger partial charge in [0.05, 0.1) is 6.10 Å². The molecule has 1 amide bonds. The molecule has 7 nitrogen and oxygen atoms in total. The summed E-state index contributed by atoms with van der Waals surface area (Å²) in [4.78, 5) is 18.0. The molecule has 0 heterocycles. The predicted octanol–water partition coefficient (Wildman–Crippen LogP) is 2.00. The number of nitrogens with one attached hydrogen (secondary N) is 2. The first-order valence-electron chi connectivity index (χ1n) is 9.97. The summed E-state index contributed by atoms with van der Waals surface area (Å²) in [5, 5.41) is 6.92. The molecule has 0 radical (unpaired) electrons. The highest BCUT2D eigenvalue weighted by Crippen LogP contribution is 2.57. The molecule has 2 aliphatic rings. The smallest absolute Gasteiger partial charge is 0.243 e. The third kappa shape index (κ3) is 6.45. The van der Waals surface area contributed by atoms with Crippen molar-refractivity contribution < 1.29 is 14.3 Å². The molecule has 0 saturated heterocycles. The zero-order chi connectivity index (χ0) is 19.0. The van der Waals surface area contributed by atoms with Crippen LogP contribution in [0.1, 0.15) is 46.0 Å². The van der Waals surface area contributed by atoms with Crippen molar-refractivity contribution >= 4 is 35.8 Å². The van der Waals surface area contributed by atoms with Gasteiger partial charge < -0.3 is 25.0 Å². The Hall–Kier alpha value is -0.610. The van der Waals surface area contributed by atoms with Crippen molar-refractivity contribution in [3.05, 3.63) is 0 Å². The number of hydrogen-bond donors (Lipinski definition) is 2. The molecule has 0 aromatic rings. The second kappa shape index (κ2) is 12.1. The highest BCUT2D eigenvalue weighted by Gasteiger charge is 2.59. The van der Waals surface area contributed by atoms with Crippen LogP contribution in [-0.2, 0) is 14.3 Å². The van der Waals surface area contributed by atoms with Gasteiger partial charge in [0.25, 0.3) is 0 Å². The van der Waals surface area contributed by atoms with Crippen molar-refractivity contribution in [3.8, 4) is 0 Å². The van der Waals surface area contributed by atoms with E-state index < -0.39 is 0 Å². The average Bonchev–Trinajstić information content (AvgIpc) is 2.55. The van der Waals surface area contributed by atoms with Crippen LogP contribution in [0.5, 0.6) is 0 Å². The van der Waals surface area contributed by atoms with Crippen LogP contribution in [0, 0.1) is 5.41 Å². The van der Waals surface area contributed by atoms with E-state index in [0.717, 1.165) is 45.2 Å². The molecule has 8 heteroatoms. The second-order valence-corrected chi connectivity index (χ2v) is 7.39. The lowest BCUT2D eigenvalue weighted by molar-refractivity contribution is -0.168. The van der Waals surface area contributed by atoms with E-state index in [1.807, 2.05) is 6.92 Å². The first-order chi connectivity index (χ1) is 12.5. The van der Waals surface area contributed by atoms with Crippen LogP contribution in [0.25, 0.3) is 0 Å². The third-order valence-electron chi connectivity index (χ3n) is 5.58. The minimum Gasteiger partial charge on any atom is -0.382 e. The molecule has 2 saturated carbocycles. The van der Waals surface area contributed by atoms with Gasteiger partial charge in [-0.15, -0.1) is 24.0 Å². The average molecular weight is 496 g/mol. The summed E-state index contributed by atoms with van der Waals surface area (Å²) in [6, 6.07) is 0.375. The first-order valence-corrected chi connectivity index (χ1v) is 9.97. The summed E-state index contributed by atoms with van der Waals surface area (Å²) in [6.45, 7) is 7.23. The fraction of sp³-hybridized carbons (Fsp3) is 0.895. The van der Waals surface area contributed by atoms with Gasteiger partial charge in [0.2, 0.25) is 5.91 Å². The molecule has 2 atom stereocenters. The van der Waals surface area contributed by atoms with Gasteiger partial charge in [-0.3, -0.25) is 4.79 Å². The Morgan fingerprint density at radius 3 is 2.56 bits per heavy atom. The summed E-state index contributed by atoms with van der Waals surface area (Å²) in [6.07, 6.45) is 5.98. The number of ether oxygens (including phenoxy) is 2. The monoisotopic (exact) mass is 496 g/mol. The minimum atomic E-state index is -0.000393. The van der Waals surface area contributed by atoms with E-state index in [2.05, 4.69) is 22.5 Å². The van der Waals surface area contributed by atoms with Gasteiger partial charge in [-0.05, 0) is 39.5 Å². The van der Waals surface area contributed by atoms with E-state index in [-0.39, 0.29) is 41.8 Å². The molecule has 1 spiro atoms. The molecule has 0 aromatic carbocycles. The molecule has 27 heavy (non-hydrogen) atoms. The number of rotatable bonds is 10. The Kier molecular flexibility index (Phi) is 10.9. The van der Waals surface area contributed by atoms with E-state index in [1.54, 1.807) is 19.0 Å². The van der Waals surface area contributed by atoms with Gasteiger partial charge in [-0.1, -0.05) is 6.42 Å². The van der Waals surface area contributed by atoms with E-state index in [1.165, 1.54) is 19.3 Å². The van der Waals surface area contributed by atoms with Crippen molar-refractivity contribution in [1.82, 2.24) is 15.5 Å². The van der Waals surface area contributed by atoms with Crippen LogP contribution in [0.3, 0.4) is 0 Å². The van der Waals surface area contributed by atoms with Crippen LogP contribution in [-0.4, -0.2) is 75.9 Å². The van der Waals surface area contributed by atoms with E-state index in [9.17, 15) is 4.79 Å². The number of halogens is 1. The molecule has 0 bridgehead atoms. The predicted molar refractivity (Wildman–Crippen MR) is 119 cm³/mol. The summed E-state index contributed by atoms with van der Waals surface area (Å²) in [5.74, 6) is 0.725. The zero-order valence-electron chi connectivity index (χ0n) is 17.3. The SMILES string of the molecule is CCOCCCNC(=NCC(=O)N(C)C)NC1CC(OCC)C12CCC2.I. The summed E-state index contributed by atoms with van der Waals surface area (Å²) >= 11 is 0. The minimum absolute atomic E-state index is 0. The molecule has 0 aliphatic heterocycles. The standard InChI is InChI=1S/C19H36N4O3.HI/c1-5-25-12-8-11-20-18(21-14-17(24)23(3)4)22-15-13-16(26-6-2)19(15)9-7-10-19;/h15-16H,5-14H2,1-4H3,(H2,20,21,22);1H. The van der Waals surface area contributed by atoms with Gasteiger partial charge in [-0.2, -0.15) is 0 Å². The molecule has 158 valence electrons. The fourth-order valence-electron chi connectivity index (χ4n) is 3.77. The van der Waals surface area contributed by atoms with E-state index in [0.29, 0.717) is 12.1 Å². The summed E-state index contributed by atoms with van der Waals surface area (Å²) in [7, 11) is 3.50. The fourth-order valence-corrected chi connectivity index (χ4v) is 3.77. The molecule has 2 unspecified atom stereocenters. The summed E-state index contributed by atoms with van der Waals surface area (Å²) < 4.78 is 11.3. The third-order valence-corrected chi connectivity index (χ3v) is 5.58. The molecule has 0 aromatic heterocycles. The van der Waals surface area contributed by atoms with Crippen LogP contribution < -0.4 is 10.6 Å². The number of nitrogens with zero attached hydrogens (tertiary/aromatic N) is 2. The van der Waals surface area contributed by atoms with Crippen LogP contribution in [0.2, 0.25) is 0 Å². The van der Waals surface area contributed by atoms with Gasteiger partial charge in [0.15, 0.2) is 5.96 Å². The van der Waals surface area contributed by atoms with Crippen molar-refractivity contribution in [2.24, 2.45) is 10.4 Å². The van der Waals surface area contributed by atoms with E-state index in [4.69, 9.17) is 9.47 Å². The maximum Gasteiger partial charge on any atom is 0.243 e. The lowest BCUT2D eigenvalue weighted by Gasteiger charge is -2.61. The number of amides is 1. The van der Waals surface area contributed by atoms with Crippen molar-refractivity contribution in [2.75, 3.05) is 47.0 Å². The van der Waals surface area contributed by atoms with Gasteiger partial charge in [0.1, 0.15) is 6.54 Å². The molecule has 2 N–H and O–H groups in total. The Bertz CT molecular complexity index is 484. The Morgan fingerprint density at radius 1 is 1.26 bits per heavy atom. The highest BCUT2D eigenvalue weighted by atomic mass is 127. The normalized spacial score (nSPS) is 23.0. The number of aliphatic imine (C=N–C) groups is 1. The molecular weight excluding hydrogens is 459 g/mol. The molecular formula is C19H37IN4O3. The molecule has 2 rings (SSSR count). The number of likely N-dealkylation sites (N-methyl/N-ethyl adjacent to an activating group) is 1.